The molecule has 100 valence electrons. The fraction of sp³-hybridized carbons (Fsp3) is 0.125. The molecule has 0 spiro atoms. The first-order chi connectivity index (χ1) is 9.86. The molecule has 0 saturated carbocycles. The molecule has 3 rings (SSSR count). The van der Waals surface area contributed by atoms with Crippen LogP contribution in [0.15, 0.2) is 53.9 Å². The summed E-state index contributed by atoms with van der Waals surface area (Å²) in [5, 5.41) is 5.32. The summed E-state index contributed by atoms with van der Waals surface area (Å²) in [6, 6.07) is 16.2. The van der Waals surface area contributed by atoms with E-state index in [1.165, 1.54) is 0 Å². The molecular weight excluding hydrogens is 266 g/mol. The highest BCUT2D eigenvalue weighted by molar-refractivity contribution is 7.13. The van der Waals surface area contributed by atoms with E-state index in [2.05, 4.69) is 34.3 Å². The minimum absolute atomic E-state index is 0.775. The van der Waals surface area contributed by atoms with Crippen molar-refractivity contribution in [3.8, 4) is 22.0 Å². The summed E-state index contributed by atoms with van der Waals surface area (Å²) in [5.74, 6) is 1.64. The Labute approximate surface area is 122 Å². The Bertz CT molecular complexity index is 678. The third-order valence-corrected chi connectivity index (χ3v) is 3.76. The first-order valence-corrected chi connectivity index (χ1v) is 7.47. The van der Waals surface area contributed by atoms with Crippen LogP contribution in [0.3, 0.4) is 0 Å². The predicted octanol–water partition coefficient (Wildman–Crippen LogP) is 4.30. The molecule has 3 nitrogen and oxygen atoms in total. The van der Waals surface area contributed by atoms with Crippen LogP contribution in [0, 0.1) is 0 Å². The number of rotatable bonds is 4. The number of benzene rings is 1. The van der Waals surface area contributed by atoms with Gasteiger partial charge in [-0.05, 0) is 18.4 Å². The van der Waals surface area contributed by atoms with Crippen molar-refractivity contribution >= 4 is 17.2 Å². The lowest BCUT2D eigenvalue weighted by molar-refractivity contribution is 1.12. The van der Waals surface area contributed by atoms with E-state index in [1.807, 2.05) is 41.8 Å². The fourth-order valence-electron chi connectivity index (χ4n) is 1.99. The molecule has 3 aromatic rings. The Hall–Kier alpha value is -2.20. The molecule has 0 saturated heterocycles. The third-order valence-electron chi connectivity index (χ3n) is 2.90. The first-order valence-electron chi connectivity index (χ1n) is 6.59. The number of hydrogen-bond donors (Lipinski definition) is 1. The van der Waals surface area contributed by atoms with Gasteiger partial charge in [0.1, 0.15) is 5.82 Å². The highest BCUT2D eigenvalue weighted by atomic mass is 32.1. The number of thiophene rings is 1. The lowest BCUT2D eigenvalue weighted by Crippen LogP contribution is -2.02. The smallest absolute Gasteiger partial charge is 0.172 e. The summed E-state index contributed by atoms with van der Waals surface area (Å²) in [6.45, 7) is 2.91. The minimum atomic E-state index is 0.775. The van der Waals surface area contributed by atoms with Gasteiger partial charge >= 0.3 is 0 Å². The number of aromatic nitrogens is 2. The zero-order valence-corrected chi connectivity index (χ0v) is 12.0. The molecule has 0 aliphatic rings. The SMILES string of the molecule is CCNc1cc(-c2ccccc2)nc(-c2cccs2)n1. The Kier molecular flexibility index (Phi) is 3.74. The van der Waals surface area contributed by atoms with Crippen LogP contribution in [0.5, 0.6) is 0 Å². The average molecular weight is 281 g/mol. The normalized spacial score (nSPS) is 10.4. The van der Waals surface area contributed by atoms with E-state index in [1.54, 1.807) is 11.3 Å². The molecule has 2 aromatic heterocycles. The summed E-state index contributed by atoms with van der Waals surface area (Å²) in [6.07, 6.45) is 0. The Balaban J connectivity index is 2.10. The van der Waals surface area contributed by atoms with Crippen LogP contribution >= 0.6 is 11.3 Å². The molecule has 0 fully saturated rings. The average Bonchev–Trinajstić information content (AvgIpc) is 3.02. The van der Waals surface area contributed by atoms with Gasteiger partial charge in [0.05, 0.1) is 10.6 Å². The van der Waals surface area contributed by atoms with Crippen LogP contribution in [-0.4, -0.2) is 16.5 Å². The van der Waals surface area contributed by atoms with Gasteiger partial charge in [-0.25, -0.2) is 9.97 Å². The largest absolute Gasteiger partial charge is 0.370 e. The van der Waals surface area contributed by atoms with Gasteiger partial charge in [0.15, 0.2) is 5.82 Å². The molecule has 0 bridgehead atoms. The number of nitrogens with zero attached hydrogens (tertiary/aromatic N) is 2. The van der Waals surface area contributed by atoms with E-state index >= 15 is 0 Å². The van der Waals surface area contributed by atoms with E-state index in [9.17, 15) is 0 Å². The van der Waals surface area contributed by atoms with Gasteiger partial charge in [-0.3, -0.25) is 0 Å². The number of anilines is 1. The van der Waals surface area contributed by atoms with Gasteiger partial charge in [-0.2, -0.15) is 0 Å². The third kappa shape index (κ3) is 2.70. The Morgan fingerprint density at radius 3 is 2.60 bits per heavy atom. The van der Waals surface area contributed by atoms with Gasteiger partial charge in [0.2, 0.25) is 0 Å². The van der Waals surface area contributed by atoms with Gasteiger partial charge in [0.25, 0.3) is 0 Å². The van der Waals surface area contributed by atoms with Crippen molar-refractivity contribution in [1.29, 1.82) is 0 Å². The van der Waals surface area contributed by atoms with Crippen molar-refractivity contribution in [2.24, 2.45) is 0 Å². The molecule has 0 unspecified atom stereocenters. The topological polar surface area (TPSA) is 37.8 Å². The van der Waals surface area contributed by atoms with Crippen molar-refractivity contribution < 1.29 is 0 Å². The summed E-state index contributed by atoms with van der Waals surface area (Å²) in [5.41, 5.74) is 2.05. The van der Waals surface area contributed by atoms with Gasteiger partial charge < -0.3 is 5.32 Å². The number of hydrogen-bond acceptors (Lipinski definition) is 4. The summed E-state index contributed by atoms with van der Waals surface area (Å²) in [7, 11) is 0. The van der Waals surface area contributed by atoms with Crippen molar-refractivity contribution in [3.63, 3.8) is 0 Å². The van der Waals surface area contributed by atoms with Gasteiger partial charge in [-0.15, -0.1) is 11.3 Å². The maximum absolute atomic E-state index is 4.69. The van der Waals surface area contributed by atoms with Crippen molar-refractivity contribution in [2.45, 2.75) is 6.92 Å². The highest BCUT2D eigenvalue weighted by Crippen LogP contribution is 2.26. The van der Waals surface area contributed by atoms with E-state index in [0.29, 0.717) is 0 Å². The van der Waals surface area contributed by atoms with Gasteiger partial charge in [-0.1, -0.05) is 36.4 Å². The van der Waals surface area contributed by atoms with Gasteiger partial charge in [0, 0.05) is 18.2 Å². The zero-order chi connectivity index (χ0) is 13.8. The maximum atomic E-state index is 4.69. The molecule has 0 radical (unpaired) electrons. The van der Waals surface area contributed by atoms with Crippen molar-refractivity contribution in [2.75, 3.05) is 11.9 Å². The summed E-state index contributed by atoms with van der Waals surface area (Å²) in [4.78, 5) is 10.4. The lowest BCUT2D eigenvalue weighted by Gasteiger charge is -2.08. The van der Waals surface area contributed by atoms with E-state index in [0.717, 1.165) is 34.3 Å². The monoisotopic (exact) mass is 281 g/mol. The second-order valence-electron chi connectivity index (χ2n) is 4.34. The molecule has 0 aliphatic heterocycles. The molecule has 20 heavy (non-hydrogen) atoms. The fourth-order valence-corrected chi connectivity index (χ4v) is 2.65. The van der Waals surface area contributed by atoms with Crippen LogP contribution < -0.4 is 5.32 Å². The maximum Gasteiger partial charge on any atom is 0.172 e. The number of nitrogens with one attached hydrogen (secondary N) is 1. The second kappa shape index (κ2) is 5.84. The highest BCUT2D eigenvalue weighted by Gasteiger charge is 2.08. The van der Waals surface area contributed by atoms with E-state index in [-0.39, 0.29) is 0 Å². The second-order valence-corrected chi connectivity index (χ2v) is 5.28. The van der Waals surface area contributed by atoms with E-state index in [4.69, 9.17) is 0 Å². The Morgan fingerprint density at radius 1 is 1.05 bits per heavy atom. The molecule has 2 heterocycles. The van der Waals surface area contributed by atoms with Crippen LogP contribution in [-0.2, 0) is 0 Å². The lowest BCUT2D eigenvalue weighted by atomic mass is 10.1. The molecule has 4 heteroatoms. The molecule has 1 aromatic carbocycles. The molecular formula is C16H15N3S. The summed E-state index contributed by atoms with van der Waals surface area (Å²) >= 11 is 1.65. The van der Waals surface area contributed by atoms with Crippen LogP contribution in [0.25, 0.3) is 22.0 Å². The first kappa shape index (κ1) is 12.8. The zero-order valence-electron chi connectivity index (χ0n) is 11.2. The standard InChI is InChI=1S/C16H15N3S/c1-2-17-15-11-13(12-7-4-3-5-8-12)18-16(19-15)14-9-6-10-20-14/h3-11H,2H2,1H3,(H,17,18,19). The molecule has 1 N–H and O–H groups in total. The van der Waals surface area contributed by atoms with Crippen molar-refractivity contribution in [3.05, 3.63) is 53.9 Å². The minimum Gasteiger partial charge on any atom is -0.370 e. The van der Waals surface area contributed by atoms with Crippen molar-refractivity contribution in [1.82, 2.24) is 9.97 Å². The van der Waals surface area contributed by atoms with Crippen LogP contribution in [0.2, 0.25) is 0 Å². The quantitative estimate of drug-likeness (QED) is 0.774. The molecule has 0 atom stereocenters. The summed E-state index contributed by atoms with van der Waals surface area (Å²) < 4.78 is 0. The predicted molar refractivity (Wildman–Crippen MR) is 84.9 cm³/mol. The van der Waals surface area contributed by atoms with E-state index < -0.39 is 0 Å². The van der Waals surface area contributed by atoms with Crippen LogP contribution in [0.4, 0.5) is 5.82 Å². The van der Waals surface area contributed by atoms with Crippen LogP contribution in [0.1, 0.15) is 6.92 Å². The Morgan fingerprint density at radius 2 is 1.90 bits per heavy atom. The molecule has 0 aliphatic carbocycles. The molecule has 0 amide bonds.